The largest absolute Gasteiger partial charge is 0.465 e. The third kappa shape index (κ3) is 3.36. The lowest BCUT2D eigenvalue weighted by Gasteiger charge is -2.47. The fraction of sp³-hybridized carbons (Fsp3) is 0.471. The average Bonchev–Trinajstić information content (AvgIpc) is 2.54. The van der Waals surface area contributed by atoms with Crippen LogP contribution in [0.2, 0.25) is 5.15 Å². The second-order valence-electron chi connectivity index (χ2n) is 6.75. The van der Waals surface area contributed by atoms with Crippen LogP contribution in [0, 0.1) is 3.57 Å². The topological polar surface area (TPSA) is 78.4 Å². The highest BCUT2D eigenvalue weighted by Crippen LogP contribution is 2.36. The fourth-order valence-electron chi connectivity index (χ4n) is 4.18. The molecule has 25 heavy (non-hydrogen) atoms. The molecule has 2 aliphatic rings. The second-order valence-corrected chi connectivity index (χ2v) is 8.39. The van der Waals surface area contributed by atoms with Crippen LogP contribution in [0.4, 0.5) is 10.6 Å². The van der Waals surface area contributed by atoms with Gasteiger partial charge < -0.3 is 15.3 Å². The lowest BCUT2D eigenvalue weighted by atomic mass is 9.82. The molecular weight excluding hydrogens is 455 g/mol. The first-order chi connectivity index (χ1) is 12.0. The molecule has 1 unspecified atom stereocenters. The molecule has 2 bridgehead atoms. The van der Waals surface area contributed by atoms with E-state index in [-0.39, 0.29) is 18.1 Å². The quantitative estimate of drug-likeness (QED) is 0.501. The van der Waals surface area contributed by atoms with Crippen molar-refractivity contribution in [3.05, 3.63) is 27.1 Å². The maximum absolute atomic E-state index is 11.6. The molecule has 0 spiro atoms. The van der Waals surface area contributed by atoms with E-state index in [0.717, 1.165) is 52.4 Å². The molecule has 0 radical (unpaired) electrons. The van der Waals surface area contributed by atoms with E-state index in [2.05, 4.69) is 37.9 Å². The van der Waals surface area contributed by atoms with Gasteiger partial charge in [0.2, 0.25) is 0 Å². The highest BCUT2D eigenvalue weighted by atomic mass is 127. The van der Waals surface area contributed by atoms with E-state index in [1.54, 1.807) is 17.2 Å². The summed E-state index contributed by atoms with van der Waals surface area (Å²) >= 11 is 8.40. The Morgan fingerprint density at radius 1 is 1.32 bits per heavy atom. The van der Waals surface area contributed by atoms with E-state index in [0.29, 0.717) is 5.15 Å². The zero-order valence-electron chi connectivity index (χ0n) is 13.5. The Morgan fingerprint density at radius 2 is 2.04 bits per heavy atom. The molecule has 0 aliphatic carbocycles. The molecule has 2 N–H and O–H groups in total. The molecule has 4 heterocycles. The Morgan fingerprint density at radius 3 is 2.72 bits per heavy atom. The summed E-state index contributed by atoms with van der Waals surface area (Å²) in [5.41, 5.74) is 0.811. The maximum Gasteiger partial charge on any atom is 0.407 e. The van der Waals surface area contributed by atoms with Crippen molar-refractivity contribution in [1.29, 1.82) is 0 Å². The Balaban J connectivity index is 1.62. The van der Waals surface area contributed by atoms with Gasteiger partial charge in [0.05, 0.1) is 5.52 Å². The molecule has 2 saturated heterocycles. The van der Waals surface area contributed by atoms with Gasteiger partial charge in [-0.15, -0.1) is 0 Å². The number of hydrogen-bond donors (Lipinski definition) is 2. The maximum atomic E-state index is 11.6. The van der Waals surface area contributed by atoms with Crippen LogP contribution < -0.4 is 5.32 Å². The van der Waals surface area contributed by atoms with Gasteiger partial charge in [-0.3, -0.25) is 4.98 Å². The van der Waals surface area contributed by atoms with Crippen LogP contribution in [0.5, 0.6) is 0 Å². The molecule has 2 aromatic heterocycles. The van der Waals surface area contributed by atoms with Gasteiger partial charge in [-0.05, 0) is 60.8 Å². The molecule has 0 saturated carbocycles. The van der Waals surface area contributed by atoms with Crippen molar-refractivity contribution in [2.45, 2.75) is 50.2 Å². The molecule has 2 fully saturated rings. The lowest BCUT2D eigenvalue weighted by Crippen LogP contribution is -2.56. The van der Waals surface area contributed by atoms with Crippen molar-refractivity contribution in [3.63, 3.8) is 0 Å². The monoisotopic (exact) mass is 472 g/mol. The van der Waals surface area contributed by atoms with Crippen molar-refractivity contribution in [1.82, 2.24) is 14.9 Å². The number of piperidine rings is 2. The Bertz CT molecular complexity index is 820. The third-order valence-electron chi connectivity index (χ3n) is 5.15. The van der Waals surface area contributed by atoms with E-state index >= 15 is 0 Å². The van der Waals surface area contributed by atoms with Crippen molar-refractivity contribution in [2.24, 2.45) is 0 Å². The van der Waals surface area contributed by atoms with Crippen LogP contribution >= 0.6 is 34.2 Å². The fourth-order valence-corrected chi connectivity index (χ4v) is 4.82. The normalized spacial score (nSPS) is 25.8. The average molecular weight is 473 g/mol. The zero-order valence-corrected chi connectivity index (χ0v) is 16.4. The van der Waals surface area contributed by atoms with Crippen LogP contribution in [0.3, 0.4) is 0 Å². The van der Waals surface area contributed by atoms with Crippen LogP contribution in [0.25, 0.3) is 10.9 Å². The van der Waals surface area contributed by atoms with Gasteiger partial charge in [-0.1, -0.05) is 11.6 Å². The van der Waals surface area contributed by atoms with Gasteiger partial charge in [0, 0.05) is 39.3 Å². The SMILES string of the molecule is O=C(O)N1[C@@H]2CCC[C@H]1CC(Nc1nc(Cl)cc3ncc(I)cc13)C2. The summed E-state index contributed by atoms with van der Waals surface area (Å²) in [6, 6.07) is 4.18. The van der Waals surface area contributed by atoms with Crippen LogP contribution in [-0.4, -0.2) is 44.2 Å². The number of hydrogen-bond acceptors (Lipinski definition) is 4. The predicted octanol–water partition coefficient (Wildman–Crippen LogP) is 4.36. The van der Waals surface area contributed by atoms with Crippen molar-refractivity contribution < 1.29 is 9.90 Å². The number of rotatable bonds is 2. The number of pyridine rings is 2. The molecule has 3 atom stereocenters. The molecule has 2 aromatic rings. The van der Waals surface area contributed by atoms with Crippen LogP contribution in [0.1, 0.15) is 32.1 Å². The van der Waals surface area contributed by atoms with Gasteiger partial charge in [0.25, 0.3) is 0 Å². The number of nitrogens with zero attached hydrogens (tertiary/aromatic N) is 3. The summed E-state index contributed by atoms with van der Waals surface area (Å²) in [5, 5.41) is 14.4. The highest BCUT2D eigenvalue weighted by Gasteiger charge is 2.41. The number of nitrogens with one attached hydrogen (secondary N) is 1. The third-order valence-corrected chi connectivity index (χ3v) is 5.93. The Labute approximate surface area is 164 Å². The van der Waals surface area contributed by atoms with Gasteiger partial charge in [-0.2, -0.15) is 0 Å². The highest BCUT2D eigenvalue weighted by molar-refractivity contribution is 14.1. The molecular formula is C17H18ClIN4O2. The van der Waals surface area contributed by atoms with Gasteiger partial charge in [-0.25, -0.2) is 9.78 Å². The number of halogens is 2. The summed E-state index contributed by atoms with van der Waals surface area (Å²) in [4.78, 5) is 22.1. The van der Waals surface area contributed by atoms with Gasteiger partial charge >= 0.3 is 6.09 Å². The number of fused-ring (bicyclic) bond motifs is 3. The Kier molecular flexibility index (Phi) is 4.61. The standard InChI is InChI=1S/C17H18ClIN4O2/c18-15-7-14-13(4-9(19)8-20-14)16(22-15)21-10-5-11-2-1-3-12(6-10)23(11)17(24)25/h4,7-8,10-12H,1-3,5-6H2,(H,21,22)(H,24,25)/t10?,11-,12+. The molecule has 2 aliphatic heterocycles. The molecule has 4 rings (SSSR count). The van der Waals surface area contributed by atoms with Crippen molar-refractivity contribution >= 4 is 57.0 Å². The summed E-state index contributed by atoms with van der Waals surface area (Å²) in [7, 11) is 0. The minimum Gasteiger partial charge on any atom is -0.465 e. The van der Waals surface area contributed by atoms with Crippen LogP contribution in [-0.2, 0) is 0 Å². The van der Waals surface area contributed by atoms with Crippen LogP contribution in [0.15, 0.2) is 18.3 Å². The van der Waals surface area contributed by atoms with Crippen molar-refractivity contribution in [3.8, 4) is 0 Å². The summed E-state index contributed by atoms with van der Waals surface area (Å²) in [5.74, 6) is 0.736. The van der Waals surface area contributed by atoms with E-state index in [4.69, 9.17) is 11.6 Å². The zero-order chi connectivity index (χ0) is 17.6. The summed E-state index contributed by atoms with van der Waals surface area (Å²) < 4.78 is 1.04. The first-order valence-corrected chi connectivity index (χ1v) is 9.86. The smallest absolute Gasteiger partial charge is 0.407 e. The number of carbonyl (C=O) groups is 1. The first-order valence-electron chi connectivity index (χ1n) is 8.41. The van der Waals surface area contributed by atoms with Crippen molar-refractivity contribution in [2.75, 3.05) is 5.32 Å². The number of anilines is 1. The number of amides is 1. The Hall–Kier alpha value is -1.35. The minimum atomic E-state index is -0.793. The van der Waals surface area contributed by atoms with E-state index in [9.17, 15) is 9.90 Å². The summed E-state index contributed by atoms with van der Waals surface area (Å²) in [6.45, 7) is 0. The van der Waals surface area contributed by atoms with Gasteiger partial charge in [0.1, 0.15) is 11.0 Å². The second kappa shape index (κ2) is 6.75. The molecule has 1 amide bonds. The number of aromatic nitrogens is 2. The molecule has 0 aromatic carbocycles. The predicted molar refractivity (Wildman–Crippen MR) is 105 cm³/mol. The summed E-state index contributed by atoms with van der Waals surface area (Å²) in [6.07, 6.45) is 5.59. The molecule has 8 heteroatoms. The molecule has 6 nitrogen and oxygen atoms in total. The first kappa shape index (κ1) is 17.1. The lowest BCUT2D eigenvalue weighted by molar-refractivity contribution is 0.0385. The van der Waals surface area contributed by atoms with E-state index < -0.39 is 6.09 Å². The van der Waals surface area contributed by atoms with E-state index in [1.807, 2.05) is 6.07 Å². The number of carboxylic acid groups (broad SMARTS) is 1. The minimum absolute atomic E-state index is 0.0891. The molecule has 132 valence electrons. The van der Waals surface area contributed by atoms with E-state index in [1.165, 1.54) is 0 Å². The van der Waals surface area contributed by atoms with Gasteiger partial charge in [0.15, 0.2) is 0 Å².